The van der Waals surface area contributed by atoms with Gasteiger partial charge >= 0.3 is 0 Å². The van der Waals surface area contributed by atoms with Crippen molar-refractivity contribution in [3.63, 3.8) is 0 Å². The molecule has 0 amide bonds. The van der Waals surface area contributed by atoms with Crippen LogP contribution in [0.1, 0.15) is 37.0 Å². The summed E-state index contributed by atoms with van der Waals surface area (Å²) >= 11 is 6.19. The summed E-state index contributed by atoms with van der Waals surface area (Å²) < 4.78 is 5.63. The summed E-state index contributed by atoms with van der Waals surface area (Å²) in [4.78, 5) is 0. The lowest BCUT2D eigenvalue weighted by Gasteiger charge is -2.18. The molecule has 0 aliphatic carbocycles. The summed E-state index contributed by atoms with van der Waals surface area (Å²) in [5, 5.41) is 10.5. The van der Waals surface area contributed by atoms with Crippen molar-refractivity contribution in [3.8, 4) is 5.75 Å². The van der Waals surface area contributed by atoms with Crippen LogP contribution in [-0.4, -0.2) is 17.8 Å². The number of aliphatic hydroxyl groups excluding tert-OH is 1. The van der Waals surface area contributed by atoms with Crippen molar-refractivity contribution in [1.29, 1.82) is 0 Å². The third-order valence-electron chi connectivity index (χ3n) is 3.07. The Balaban J connectivity index is 2.38. The maximum Gasteiger partial charge on any atom is 0.141 e. The topological polar surface area (TPSA) is 55.5 Å². The highest BCUT2D eigenvalue weighted by atomic mass is 35.5. The van der Waals surface area contributed by atoms with Crippen molar-refractivity contribution in [2.45, 2.75) is 38.3 Å². The van der Waals surface area contributed by atoms with Crippen LogP contribution in [0.5, 0.6) is 5.75 Å². The molecule has 0 aromatic heterocycles. The largest absolute Gasteiger partial charge is 0.492 e. The molecule has 3 N–H and O–H groups in total. The predicted octanol–water partition coefficient (Wildman–Crippen LogP) is 2.44. The maximum atomic E-state index is 9.97. The Bertz CT molecular complexity index is 407. The number of halogens is 1. The zero-order valence-corrected chi connectivity index (χ0v) is 10.7. The molecule has 2 rings (SSSR count). The number of aliphatic hydroxyl groups is 1. The van der Waals surface area contributed by atoms with Crippen LogP contribution in [-0.2, 0) is 6.42 Å². The molecule has 2 unspecified atom stereocenters. The molecule has 1 aliphatic heterocycles. The third kappa shape index (κ3) is 2.73. The smallest absolute Gasteiger partial charge is 0.141 e. The van der Waals surface area contributed by atoms with Crippen LogP contribution in [0.3, 0.4) is 0 Å². The minimum absolute atomic E-state index is 0.309. The summed E-state index contributed by atoms with van der Waals surface area (Å²) in [6.45, 7) is 2.49. The van der Waals surface area contributed by atoms with Gasteiger partial charge < -0.3 is 15.6 Å². The van der Waals surface area contributed by atoms with Crippen molar-refractivity contribution in [2.24, 2.45) is 5.73 Å². The second kappa shape index (κ2) is 5.25. The number of hydrogen-bond donors (Lipinski definition) is 2. The highest BCUT2D eigenvalue weighted by molar-refractivity contribution is 6.32. The zero-order valence-electron chi connectivity index (χ0n) is 9.95. The Morgan fingerprint density at radius 1 is 1.41 bits per heavy atom. The first-order valence-electron chi connectivity index (χ1n) is 5.98. The fraction of sp³-hybridized carbons (Fsp3) is 0.538. The molecule has 0 saturated heterocycles. The second-order valence-corrected chi connectivity index (χ2v) is 5.01. The monoisotopic (exact) mass is 255 g/mol. The first-order valence-corrected chi connectivity index (χ1v) is 6.36. The van der Waals surface area contributed by atoms with E-state index in [1.807, 2.05) is 6.07 Å². The zero-order chi connectivity index (χ0) is 12.4. The average Bonchev–Trinajstić information content (AvgIpc) is 2.53. The molecule has 1 aliphatic rings. The van der Waals surface area contributed by atoms with E-state index >= 15 is 0 Å². The Morgan fingerprint density at radius 2 is 2.18 bits per heavy atom. The van der Waals surface area contributed by atoms with E-state index in [1.54, 1.807) is 13.0 Å². The van der Waals surface area contributed by atoms with Gasteiger partial charge in [0.1, 0.15) is 5.75 Å². The molecule has 0 spiro atoms. The molecule has 17 heavy (non-hydrogen) atoms. The lowest BCUT2D eigenvalue weighted by atomic mass is 9.99. The molecular formula is C13H18ClNO2. The van der Waals surface area contributed by atoms with Crippen molar-refractivity contribution in [1.82, 2.24) is 0 Å². The van der Waals surface area contributed by atoms with Crippen molar-refractivity contribution < 1.29 is 9.84 Å². The lowest BCUT2D eigenvalue weighted by Crippen LogP contribution is -2.24. The highest BCUT2D eigenvalue weighted by Crippen LogP contribution is 2.35. The molecule has 2 atom stereocenters. The van der Waals surface area contributed by atoms with Crippen molar-refractivity contribution in [2.75, 3.05) is 6.61 Å². The van der Waals surface area contributed by atoms with Gasteiger partial charge in [-0.3, -0.25) is 0 Å². The van der Waals surface area contributed by atoms with Gasteiger partial charge in [0.2, 0.25) is 0 Å². The van der Waals surface area contributed by atoms with Gasteiger partial charge in [0.15, 0.2) is 0 Å². The lowest BCUT2D eigenvalue weighted by molar-refractivity contribution is 0.153. The van der Waals surface area contributed by atoms with E-state index in [2.05, 4.69) is 0 Å². The maximum absolute atomic E-state index is 9.97. The van der Waals surface area contributed by atoms with Gasteiger partial charge in [0.25, 0.3) is 0 Å². The van der Waals surface area contributed by atoms with E-state index in [1.165, 1.54) is 0 Å². The number of ether oxygens (including phenoxy) is 1. The van der Waals surface area contributed by atoms with Crippen molar-refractivity contribution >= 4 is 11.6 Å². The molecule has 0 saturated carbocycles. The minimum Gasteiger partial charge on any atom is -0.492 e. The first-order chi connectivity index (χ1) is 8.09. The third-order valence-corrected chi connectivity index (χ3v) is 3.35. The van der Waals surface area contributed by atoms with Gasteiger partial charge in [0, 0.05) is 6.04 Å². The summed E-state index contributed by atoms with van der Waals surface area (Å²) in [6, 6.07) is 3.40. The van der Waals surface area contributed by atoms with E-state index < -0.39 is 6.10 Å². The molecule has 94 valence electrons. The molecule has 0 radical (unpaired) electrons. The molecule has 0 bridgehead atoms. The van der Waals surface area contributed by atoms with Crippen LogP contribution in [0.2, 0.25) is 5.02 Å². The summed E-state index contributed by atoms with van der Waals surface area (Å²) in [5.41, 5.74) is 7.55. The van der Waals surface area contributed by atoms with E-state index in [-0.39, 0.29) is 6.04 Å². The second-order valence-electron chi connectivity index (χ2n) is 4.60. The normalized spacial score (nSPS) is 18.8. The Labute approximate surface area is 107 Å². The Kier molecular flexibility index (Phi) is 3.92. The van der Waals surface area contributed by atoms with E-state index in [9.17, 15) is 5.11 Å². The fourth-order valence-corrected chi connectivity index (χ4v) is 2.39. The van der Waals surface area contributed by atoms with Crippen LogP contribution in [0, 0.1) is 0 Å². The Hall–Kier alpha value is -0.770. The Morgan fingerprint density at radius 3 is 2.88 bits per heavy atom. The van der Waals surface area contributed by atoms with Crippen LogP contribution in [0.25, 0.3) is 0 Å². The van der Waals surface area contributed by atoms with E-state index in [0.29, 0.717) is 11.6 Å². The van der Waals surface area contributed by atoms with Crippen LogP contribution in [0.15, 0.2) is 12.1 Å². The van der Waals surface area contributed by atoms with Gasteiger partial charge in [-0.2, -0.15) is 0 Å². The van der Waals surface area contributed by atoms with E-state index in [0.717, 1.165) is 36.1 Å². The predicted molar refractivity (Wildman–Crippen MR) is 68.5 cm³/mol. The molecule has 1 aromatic rings. The summed E-state index contributed by atoms with van der Waals surface area (Å²) in [7, 11) is 0. The molecular weight excluding hydrogens is 238 g/mol. The number of nitrogens with two attached hydrogens (primary N) is 1. The molecule has 0 fully saturated rings. The fourth-order valence-electron chi connectivity index (χ4n) is 2.09. The number of rotatable bonds is 2. The SMILES string of the molecule is CC(N)C(O)c1cc(Cl)c2c(c1)CCCCO2. The van der Waals surface area contributed by atoms with Crippen molar-refractivity contribution in [3.05, 3.63) is 28.3 Å². The number of hydrogen-bond acceptors (Lipinski definition) is 3. The first kappa shape index (κ1) is 12.7. The molecule has 1 aromatic carbocycles. The molecule has 4 heteroatoms. The van der Waals surface area contributed by atoms with Gasteiger partial charge in [-0.15, -0.1) is 0 Å². The minimum atomic E-state index is -0.680. The quantitative estimate of drug-likeness (QED) is 0.854. The van der Waals surface area contributed by atoms with Crippen LogP contribution < -0.4 is 10.5 Å². The van der Waals surface area contributed by atoms with Crippen LogP contribution in [0.4, 0.5) is 0 Å². The van der Waals surface area contributed by atoms with Gasteiger partial charge in [-0.25, -0.2) is 0 Å². The number of benzene rings is 1. The standard InChI is InChI=1S/C13H18ClNO2/c1-8(15)12(16)10-6-9-4-2-3-5-17-13(9)11(14)7-10/h6-8,12,16H,2-5,15H2,1H3. The molecule has 1 heterocycles. The highest BCUT2D eigenvalue weighted by Gasteiger charge is 2.19. The number of fused-ring (bicyclic) bond motifs is 1. The van der Waals surface area contributed by atoms with Gasteiger partial charge in [-0.05, 0) is 49.4 Å². The summed E-state index contributed by atoms with van der Waals surface area (Å²) in [6.07, 6.45) is 2.38. The number of aryl methyl sites for hydroxylation is 1. The van der Waals surface area contributed by atoms with Gasteiger partial charge in [-0.1, -0.05) is 11.6 Å². The van der Waals surface area contributed by atoms with Crippen LogP contribution >= 0.6 is 11.6 Å². The summed E-state index contributed by atoms with van der Waals surface area (Å²) in [5.74, 6) is 0.768. The van der Waals surface area contributed by atoms with E-state index in [4.69, 9.17) is 22.1 Å². The van der Waals surface area contributed by atoms with Gasteiger partial charge in [0.05, 0.1) is 17.7 Å². The molecule has 3 nitrogen and oxygen atoms in total. The average molecular weight is 256 g/mol.